The maximum Gasteiger partial charge on any atom is 0.208 e. The number of hydrogen-bond acceptors (Lipinski definition) is 3. The SMILES string of the molecule is CCc1cc(Cl)cc(C2(O)OCC(C)(C)NC2C)c1. The molecule has 1 aromatic rings. The van der Waals surface area contributed by atoms with Crippen LogP contribution in [0, 0.1) is 0 Å². The van der Waals surface area contributed by atoms with Gasteiger partial charge in [-0.3, -0.25) is 0 Å². The van der Waals surface area contributed by atoms with E-state index in [0.717, 1.165) is 12.0 Å². The zero-order chi connectivity index (χ0) is 14.3. The molecule has 1 fully saturated rings. The second-order valence-corrected chi connectivity index (χ2v) is 6.37. The van der Waals surface area contributed by atoms with Crippen molar-refractivity contribution in [1.29, 1.82) is 0 Å². The Hall–Kier alpha value is -0.610. The second-order valence-electron chi connectivity index (χ2n) is 5.94. The molecule has 0 radical (unpaired) electrons. The van der Waals surface area contributed by atoms with Crippen LogP contribution in [0.4, 0.5) is 0 Å². The first-order valence-corrected chi connectivity index (χ1v) is 7.08. The molecular formula is C15H22ClNO2. The molecule has 1 aromatic carbocycles. The predicted molar refractivity (Wildman–Crippen MR) is 77.4 cm³/mol. The van der Waals surface area contributed by atoms with E-state index in [1.165, 1.54) is 0 Å². The van der Waals surface area contributed by atoms with E-state index in [2.05, 4.69) is 26.1 Å². The molecule has 0 amide bonds. The van der Waals surface area contributed by atoms with E-state index >= 15 is 0 Å². The number of aliphatic hydroxyl groups is 1. The fourth-order valence-corrected chi connectivity index (χ4v) is 2.79. The monoisotopic (exact) mass is 283 g/mol. The maximum atomic E-state index is 10.8. The van der Waals surface area contributed by atoms with Crippen LogP contribution in [0.5, 0.6) is 0 Å². The summed E-state index contributed by atoms with van der Waals surface area (Å²) < 4.78 is 5.77. The highest BCUT2D eigenvalue weighted by Gasteiger charge is 2.44. The van der Waals surface area contributed by atoms with Crippen LogP contribution in [0.15, 0.2) is 18.2 Å². The summed E-state index contributed by atoms with van der Waals surface area (Å²) in [5.41, 5.74) is 1.67. The van der Waals surface area contributed by atoms with E-state index in [0.29, 0.717) is 17.2 Å². The van der Waals surface area contributed by atoms with Gasteiger partial charge in [-0.15, -0.1) is 0 Å². The summed E-state index contributed by atoms with van der Waals surface area (Å²) in [5.74, 6) is -1.33. The van der Waals surface area contributed by atoms with Crippen molar-refractivity contribution in [2.45, 2.75) is 51.5 Å². The number of halogens is 1. The van der Waals surface area contributed by atoms with Crippen LogP contribution in [0.25, 0.3) is 0 Å². The Labute approximate surface area is 119 Å². The number of aryl methyl sites for hydroxylation is 1. The number of ether oxygens (including phenoxy) is 1. The minimum Gasteiger partial charge on any atom is -0.361 e. The van der Waals surface area contributed by atoms with Gasteiger partial charge in [0, 0.05) is 16.1 Å². The second kappa shape index (κ2) is 5.06. The first-order valence-electron chi connectivity index (χ1n) is 6.71. The van der Waals surface area contributed by atoms with E-state index < -0.39 is 5.79 Å². The van der Waals surface area contributed by atoms with Gasteiger partial charge in [0.05, 0.1) is 12.6 Å². The van der Waals surface area contributed by atoms with Crippen LogP contribution >= 0.6 is 11.6 Å². The number of benzene rings is 1. The molecule has 0 aliphatic carbocycles. The van der Waals surface area contributed by atoms with Crippen molar-refractivity contribution in [3.8, 4) is 0 Å². The van der Waals surface area contributed by atoms with Gasteiger partial charge in [-0.1, -0.05) is 24.6 Å². The van der Waals surface area contributed by atoms with Crippen molar-refractivity contribution in [1.82, 2.24) is 5.32 Å². The molecule has 0 aromatic heterocycles. The van der Waals surface area contributed by atoms with Crippen LogP contribution in [-0.4, -0.2) is 23.3 Å². The Kier molecular flexibility index (Phi) is 3.94. The standard InChI is InChI=1S/C15H22ClNO2/c1-5-11-6-12(8-13(16)7-11)15(18)10(2)17-14(3,4)9-19-15/h6-8,10,17-18H,5,9H2,1-4H3. The van der Waals surface area contributed by atoms with Gasteiger partial charge >= 0.3 is 0 Å². The lowest BCUT2D eigenvalue weighted by atomic mass is 9.91. The Bertz CT molecular complexity index is 475. The van der Waals surface area contributed by atoms with Gasteiger partial charge in [-0.05, 0) is 44.9 Å². The molecule has 2 N–H and O–H groups in total. The summed E-state index contributed by atoms with van der Waals surface area (Å²) >= 11 is 6.13. The molecule has 2 atom stereocenters. The molecule has 1 aliphatic rings. The Balaban J connectivity index is 2.37. The molecule has 3 nitrogen and oxygen atoms in total. The minimum atomic E-state index is -1.33. The van der Waals surface area contributed by atoms with E-state index in [9.17, 15) is 5.11 Å². The predicted octanol–water partition coefficient (Wildman–Crippen LogP) is 2.83. The third kappa shape index (κ3) is 2.95. The minimum absolute atomic E-state index is 0.141. The van der Waals surface area contributed by atoms with Crippen LogP contribution in [0.3, 0.4) is 0 Å². The smallest absolute Gasteiger partial charge is 0.208 e. The average molecular weight is 284 g/mol. The van der Waals surface area contributed by atoms with Crippen molar-refractivity contribution in [3.05, 3.63) is 34.3 Å². The molecule has 2 rings (SSSR count). The summed E-state index contributed by atoms with van der Waals surface area (Å²) in [6.07, 6.45) is 0.872. The molecule has 0 bridgehead atoms. The van der Waals surface area contributed by atoms with Crippen molar-refractivity contribution in [2.75, 3.05) is 6.61 Å². The first-order chi connectivity index (χ1) is 8.77. The Morgan fingerprint density at radius 1 is 1.42 bits per heavy atom. The molecule has 1 aliphatic heterocycles. The molecule has 1 heterocycles. The number of morpholine rings is 1. The number of rotatable bonds is 2. The molecule has 106 valence electrons. The third-order valence-corrected chi connectivity index (χ3v) is 3.84. The van der Waals surface area contributed by atoms with E-state index in [-0.39, 0.29) is 11.6 Å². The Morgan fingerprint density at radius 3 is 2.68 bits per heavy atom. The summed E-state index contributed by atoms with van der Waals surface area (Å²) in [6, 6.07) is 5.44. The van der Waals surface area contributed by atoms with Gasteiger partial charge in [0.2, 0.25) is 5.79 Å². The zero-order valence-corrected chi connectivity index (χ0v) is 12.7. The van der Waals surface area contributed by atoms with Crippen LogP contribution in [0.1, 0.15) is 38.8 Å². The number of hydrogen-bond donors (Lipinski definition) is 2. The van der Waals surface area contributed by atoms with Gasteiger partial charge in [0.15, 0.2) is 0 Å². The molecule has 1 saturated heterocycles. The average Bonchev–Trinajstić information content (AvgIpc) is 2.33. The van der Waals surface area contributed by atoms with Crippen LogP contribution in [-0.2, 0) is 16.9 Å². The van der Waals surface area contributed by atoms with Gasteiger partial charge in [0.1, 0.15) is 0 Å². The zero-order valence-electron chi connectivity index (χ0n) is 12.0. The number of nitrogens with one attached hydrogen (secondary N) is 1. The third-order valence-electron chi connectivity index (χ3n) is 3.63. The normalized spacial score (nSPS) is 30.3. The maximum absolute atomic E-state index is 10.8. The topological polar surface area (TPSA) is 41.5 Å². The van der Waals surface area contributed by atoms with E-state index in [1.54, 1.807) is 6.07 Å². The van der Waals surface area contributed by atoms with Gasteiger partial charge < -0.3 is 15.2 Å². The van der Waals surface area contributed by atoms with Crippen molar-refractivity contribution < 1.29 is 9.84 Å². The first kappa shape index (κ1) is 14.8. The lowest BCUT2D eigenvalue weighted by molar-refractivity contribution is -0.263. The lowest BCUT2D eigenvalue weighted by Crippen LogP contribution is -2.63. The summed E-state index contributed by atoms with van der Waals surface area (Å²) in [5, 5.41) is 14.9. The van der Waals surface area contributed by atoms with Crippen LogP contribution < -0.4 is 5.32 Å². The molecule has 2 unspecified atom stereocenters. The summed E-state index contributed by atoms with van der Waals surface area (Å²) in [7, 11) is 0. The molecular weight excluding hydrogens is 262 g/mol. The van der Waals surface area contributed by atoms with Crippen molar-refractivity contribution in [2.24, 2.45) is 0 Å². The van der Waals surface area contributed by atoms with Gasteiger partial charge in [-0.2, -0.15) is 0 Å². The van der Waals surface area contributed by atoms with Crippen LogP contribution in [0.2, 0.25) is 5.02 Å². The van der Waals surface area contributed by atoms with Crippen molar-refractivity contribution >= 4 is 11.6 Å². The summed E-state index contributed by atoms with van der Waals surface area (Å²) in [6.45, 7) is 8.54. The molecule has 0 spiro atoms. The highest BCUT2D eigenvalue weighted by molar-refractivity contribution is 6.30. The highest BCUT2D eigenvalue weighted by atomic mass is 35.5. The molecule has 19 heavy (non-hydrogen) atoms. The highest BCUT2D eigenvalue weighted by Crippen LogP contribution is 2.34. The molecule has 0 saturated carbocycles. The van der Waals surface area contributed by atoms with Gasteiger partial charge in [0.25, 0.3) is 0 Å². The fourth-order valence-electron chi connectivity index (χ4n) is 2.54. The lowest BCUT2D eigenvalue weighted by Gasteiger charge is -2.46. The Morgan fingerprint density at radius 2 is 2.11 bits per heavy atom. The van der Waals surface area contributed by atoms with Crippen molar-refractivity contribution in [3.63, 3.8) is 0 Å². The van der Waals surface area contributed by atoms with Gasteiger partial charge in [-0.25, -0.2) is 0 Å². The fraction of sp³-hybridized carbons (Fsp3) is 0.600. The van der Waals surface area contributed by atoms with E-state index in [1.807, 2.05) is 19.1 Å². The summed E-state index contributed by atoms with van der Waals surface area (Å²) in [4.78, 5) is 0. The quantitative estimate of drug-likeness (QED) is 0.877. The largest absolute Gasteiger partial charge is 0.361 e. The molecule has 4 heteroatoms. The van der Waals surface area contributed by atoms with E-state index in [4.69, 9.17) is 16.3 Å².